The molecule has 1 aliphatic rings. The monoisotopic (exact) mass is 350 g/mol. The predicted molar refractivity (Wildman–Crippen MR) is 93.6 cm³/mol. The standard InChI is InChI=1S/C18H23ClN2O3/c1-3-4-5-6-11-24-17(22)15-12(2)20-18(23)21-16(15)13-7-9-14(19)10-8-13/h7-10,15-16H,2-6,11H2,1H3,(H2,20,21,23)/t15-,16+/m0/s1. The average molecular weight is 351 g/mol. The molecule has 24 heavy (non-hydrogen) atoms. The summed E-state index contributed by atoms with van der Waals surface area (Å²) in [4.78, 5) is 24.3. The summed E-state index contributed by atoms with van der Waals surface area (Å²) in [5.41, 5.74) is 1.13. The molecule has 1 saturated heterocycles. The molecule has 2 amide bonds. The fraction of sp³-hybridized carbons (Fsp3) is 0.444. The number of unbranched alkanes of at least 4 members (excludes halogenated alkanes) is 3. The van der Waals surface area contributed by atoms with E-state index in [2.05, 4.69) is 24.1 Å². The minimum Gasteiger partial charge on any atom is -0.465 e. The maximum absolute atomic E-state index is 12.5. The highest BCUT2D eigenvalue weighted by molar-refractivity contribution is 6.30. The summed E-state index contributed by atoms with van der Waals surface area (Å²) in [6.07, 6.45) is 4.12. The van der Waals surface area contributed by atoms with E-state index in [1.165, 1.54) is 0 Å². The van der Waals surface area contributed by atoms with Crippen LogP contribution in [0, 0.1) is 5.92 Å². The lowest BCUT2D eigenvalue weighted by atomic mass is 9.89. The van der Waals surface area contributed by atoms with Crippen molar-refractivity contribution in [3.8, 4) is 0 Å². The van der Waals surface area contributed by atoms with Crippen molar-refractivity contribution in [2.75, 3.05) is 6.61 Å². The van der Waals surface area contributed by atoms with Gasteiger partial charge < -0.3 is 15.4 Å². The topological polar surface area (TPSA) is 67.4 Å². The fourth-order valence-corrected chi connectivity index (χ4v) is 2.83. The summed E-state index contributed by atoms with van der Waals surface area (Å²) in [5.74, 6) is -1.06. The molecule has 0 saturated carbocycles. The van der Waals surface area contributed by atoms with E-state index in [1.54, 1.807) is 24.3 Å². The van der Waals surface area contributed by atoms with Gasteiger partial charge in [-0.3, -0.25) is 4.79 Å². The van der Waals surface area contributed by atoms with E-state index >= 15 is 0 Å². The van der Waals surface area contributed by atoms with Crippen LogP contribution in [0.3, 0.4) is 0 Å². The number of benzene rings is 1. The molecule has 1 fully saturated rings. The summed E-state index contributed by atoms with van der Waals surface area (Å²) < 4.78 is 5.39. The van der Waals surface area contributed by atoms with Crippen LogP contribution in [0.5, 0.6) is 0 Å². The molecule has 1 aromatic rings. The van der Waals surface area contributed by atoms with Crippen LogP contribution in [0.1, 0.15) is 44.2 Å². The zero-order valence-corrected chi connectivity index (χ0v) is 14.6. The van der Waals surface area contributed by atoms with Crippen molar-refractivity contribution < 1.29 is 14.3 Å². The summed E-state index contributed by atoms with van der Waals surface area (Å²) in [5, 5.41) is 5.92. The van der Waals surface area contributed by atoms with Gasteiger partial charge >= 0.3 is 12.0 Å². The molecule has 2 atom stereocenters. The number of amides is 2. The first-order valence-electron chi connectivity index (χ1n) is 8.21. The van der Waals surface area contributed by atoms with Crippen LogP contribution in [0.15, 0.2) is 36.5 Å². The Morgan fingerprint density at radius 1 is 1.25 bits per heavy atom. The number of esters is 1. The molecule has 2 rings (SSSR count). The third-order valence-electron chi connectivity index (χ3n) is 3.99. The molecule has 5 nitrogen and oxygen atoms in total. The van der Waals surface area contributed by atoms with Gasteiger partial charge in [0.05, 0.1) is 12.6 Å². The summed E-state index contributed by atoms with van der Waals surface area (Å²) in [7, 11) is 0. The van der Waals surface area contributed by atoms with E-state index in [0.29, 0.717) is 17.3 Å². The second-order valence-corrected chi connectivity index (χ2v) is 6.30. The van der Waals surface area contributed by atoms with Crippen LogP contribution in [0.4, 0.5) is 4.79 Å². The van der Waals surface area contributed by atoms with Crippen molar-refractivity contribution in [2.24, 2.45) is 5.92 Å². The number of rotatable bonds is 7. The lowest BCUT2D eigenvalue weighted by Crippen LogP contribution is -2.51. The van der Waals surface area contributed by atoms with Gasteiger partial charge in [-0.2, -0.15) is 0 Å². The molecular weight excluding hydrogens is 328 g/mol. The Bertz CT molecular complexity index is 601. The molecule has 1 aromatic carbocycles. The Kier molecular flexibility index (Phi) is 6.67. The highest BCUT2D eigenvalue weighted by Gasteiger charge is 2.38. The zero-order chi connectivity index (χ0) is 17.5. The summed E-state index contributed by atoms with van der Waals surface area (Å²) in [6.45, 7) is 6.33. The third-order valence-corrected chi connectivity index (χ3v) is 4.25. The highest BCUT2D eigenvalue weighted by atomic mass is 35.5. The van der Waals surface area contributed by atoms with E-state index in [1.807, 2.05) is 0 Å². The van der Waals surface area contributed by atoms with E-state index in [0.717, 1.165) is 31.2 Å². The maximum Gasteiger partial charge on any atom is 0.319 e. The molecule has 0 bridgehead atoms. The van der Waals surface area contributed by atoms with Gasteiger partial charge in [-0.25, -0.2) is 4.79 Å². The van der Waals surface area contributed by atoms with Crippen LogP contribution in [0.25, 0.3) is 0 Å². The lowest BCUT2D eigenvalue weighted by Gasteiger charge is -2.33. The Balaban J connectivity index is 2.07. The third kappa shape index (κ3) is 4.74. The molecule has 0 aromatic heterocycles. The van der Waals surface area contributed by atoms with Gasteiger partial charge in [0.15, 0.2) is 0 Å². The molecule has 0 radical (unpaired) electrons. The maximum atomic E-state index is 12.5. The summed E-state index contributed by atoms with van der Waals surface area (Å²) in [6, 6.07) is 6.11. The number of hydrogen-bond donors (Lipinski definition) is 2. The predicted octanol–water partition coefficient (Wildman–Crippen LogP) is 3.95. The van der Waals surface area contributed by atoms with Gasteiger partial charge in [0, 0.05) is 10.7 Å². The first-order chi connectivity index (χ1) is 11.5. The molecule has 0 aliphatic carbocycles. The average Bonchev–Trinajstić information content (AvgIpc) is 2.54. The first kappa shape index (κ1) is 18.3. The molecule has 0 spiro atoms. The van der Waals surface area contributed by atoms with Crippen molar-refractivity contribution in [3.05, 3.63) is 47.1 Å². The van der Waals surface area contributed by atoms with Crippen molar-refractivity contribution in [1.29, 1.82) is 0 Å². The van der Waals surface area contributed by atoms with Crippen LogP contribution in [-0.2, 0) is 9.53 Å². The number of carbonyl (C=O) groups excluding carboxylic acids is 2. The van der Waals surface area contributed by atoms with Gasteiger partial charge in [0.1, 0.15) is 5.92 Å². The number of urea groups is 1. The van der Waals surface area contributed by atoms with Gasteiger partial charge in [-0.1, -0.05) is 56.5 Å². The molecule has 6 heteroatoms. The van der Waals surface area contributed by atoms with Crippen molar-refractivity contribution >= 4 is 23.6 Å². The van der Waals surface area contributed by atoms with E-state index < -0.39 is 12.0 Å². The fourth-order valence-electron chi connectivity index (χ4n) is 2.70. The van der Waals surface area contributed by atoms with Crippen LogP contribution in [-0.4, -0.2) is 18.6 Å². The van der Waals surface area contributed by atoms with Crippen LogP contribution < -0.4 is 10.6 Å². The number of halogens is 1. The van der Waals surface area contributed by atoms with Crippen molar-refractivity contribution in [3.63, 3.8) is 0 Å². The number of ether oxygens (including phenoxy) is 1. The Morgan fingerprint density at radius 2 is 1.96 bits per heavy atom. The molecule has 0 unspecified atom stereocenters. The molecule has 1 heterocycles. The zero-order valence-electron chi connectivity index (χ0n) is 13.8. The molecule has 1 aliphatic heterocycles. The van der Waals surface area contributed by atoms with Crippen molar-refractivity contribution in [2.45, 2.75) is 38.6 Å². The minimum absolute atomic E-state index is 0.345. The van der Waals surface area contributed by atoms with Gasteiger partial charge in [-0.05, 0) is 24.1 Å². The number of nitrogens with one attached hydrogen (secondary N) is 2. The van der Waals surface area contributed by atoms with E-state index in [4.69, 9.17) is 16.3 Å². The quantitative estimate of drug-likeness (QED) is 0.578. The smallest absolute Gasteiger partial charge is 0.319 e. The Labute approximate surface area is 147 Å². The number of hydrogen-bond acceptors (Lipinski definition) is 3. The number of carbonyl (C=O) groups is 2. The van der Waals surface area contributed by atoms with Gasteiger partial charge in [0.25, 0.3) is 0 Å². The molecule has 2 N–H and O–H groups in total. The first-order valence-corrected chi connectivity index (χ1v) is 8.59. The highest BCUT2D eigenvalue weighted by Crippen LogP contribution is 2.31. The molecule has 130 valence electrons. The van der Waals surface area contributed by atoms with Gasteiger partial charge in [-0.15, -0.1) is 0 Å². The van der Waals surface area contributed by atoms with E-state index in [9.17, 15) is 9.59 Å². The normalized spacial score (nSPS) is 20.2. The van der Waals surface area contributed by atoms with E-state index in [-0.39, 0.29) is 12.0 Å². The Hall–Kier alpha value is -2.01. The second kappa shape index (κ2) is 8.73. The van der Waals surface area contributed by atoms with Crippen LogP contribution >= 0.6 is 11.6 Å². The van der Waals surface area contributed by atoms with Crippen LogP contribution in [0.2, 0.25) is 5.02 Å². The van der Waals surface area contributed by atoms with Crippen molar-refractivity contribution in [1.82, 2.24) is 10.6 Å². The summed E-state index contributed by atoms with van der Waals surface area (Å²) >= 11 is 5.91. The second-order valence-electron chi connectivity index (χ2n) is 5.86. The minimum atomic E-state index is -0.671. The van der Waals surface area contributed by atoms with Gasteiger partial charge in [0.2, 0.25) is 0 Å². The molecular formula is C18H23ClN2O3. The largest absolute Gasteiger partial charge is 0.465 e. The SMILES string of the molecule is C=C1NC(=O)N[C@H](c2ccc(Cl)cc2)[C@H]1C(=O)OCCCCCC. The Morgan fingerprint density at radius 3 is 2.62 bits per heavy atom. The lowest BCUT2D eigenvalue weighted by molar-refractivity contribution is -0.148.